The van der Waals surface area contributed by atoms with Crippen molar-refractivity contribution in [2.75, 3.05) is 4.90 Å². The number of halogens is 1. The average molecular weight is 432 g/mol. The number of hydrogen-bond acceptors (Lipinski definition) is 3. The molecular weight excluding hydrogens is 410 g/mol. The van der Waals surface area contributed by atoms with Crippen molar-refractivity contribution in [1.82, 2.24) is 0 Å². The zero-order chi connectivity index (χ0) is 22.2. The van der Waals surface area contributed by atoms with Crippen molar-refractivity contribution in [3.63, 3.8) is 0 Å². The molecule has 0 aliphatic heterocycles. The molecule has 0 saturated carbocycles. The minimum absolute atomic E-state index is 0.332. The van der Waals surface area contributed by atoms with Crippen LogP contribution in [0.25, 0.3) is 22.3 Å². The van der Waals surface area contributed by atoms with E-state index in [1.807, 2.05) is 36.4 Å². The second-order valence-corrected chi connectivity index (χ2v) is 8.78. The first kappa shape index (κ1) is 20.9. The van der Waals surface area contributed by atoms with Crippen LogP contribution in [0.15, 0.2) is 83.3 Å². The Hall–Kier alpha value is -3.37. The summed E-state index contributed by atoms with van der Waals surface area (Å²) in [6.45, 7) is 5.37. The second-order valence-electron chi connectivity index (χ2n) is 8.35. The molecule has 156 valence electrons. The Morgan fingerprint density at radius 3 is 2.10 bits per heavy atom. The Labute approximate surface area is 186 Å². The molecule has 3 aromatic carbocycles. The lowest BCUT2D eigenvalue weighted by molar-refractivity contribution is -0.125. The fraction of sp³-hybridized carbons (Fsp3) is 0.154. The van der Waals surface area contributed by atoms with Crippen molar-refractivity contribution in [1.29, 1.82) is 0 Å². The van der Waals surface area contributed by atoms with Gasteiger partial charge in [-0.15, -0.1) is 0 Å². The van der Waals surface area contributed by atoms with Crippen LogP contribution in [-0.2, 0) is 4.79 Å². The summed E-state index contributed by atoms with van der Waals surface area (Å²) in [5.74, 6) is -0.304. The first-order chi connectivity index (χ1) is 14.8. The standard InChI is InChI=1S/C26H22ClNO3/c1-26(2,3)25(30)28(24(29)18-12-8-5-9-13-18)22-20-16-19(27)14-15-21(20)31-23(22)17-10-6-4-7-11-17/h4-16H,1-3H3. The van der Waals surface area contributed by atoms with Gasteiger partial charge in [0.1, 0.15) is 11.3 Å². The number of anilines is 1. The SMILES string of the molecule is CC(C)(C)C(=O)N(C(=O)c1ccccc1)c1c(-c2ccccc2)oc2ccc(Cl)cc12. The fourth-order valence-electron chi connectivity index (χ4n) is 3.40. The normalized spacial score (nSPS) is 11.5. The predicted octanol–water partition coefficient (Wildman–Crippen LogP) is 6.97. The number of furan rings is 1. The van der Waals surface area contributed by atoms with Crippen LogP contribution in [0.3, 0.4) is 0 Å². The molecule has 0 spiro atoms. The van der Waals surface area contributed by atoms with Gasteiger partial charge in [-0.3, -0.25) is 9.59 Å². The Morgan fingerprint density at radius 2 is 1.48 bits per heavy atom. The van der Waals surface area contributed by atoms with Crippen LogP contribution in [0.2, 0.25) is 5.02 Å². The maximum Gasteiger partial charge on any atom is 0.265 e. The van der Waals surface area contributed by atoms with E-state index in [-0.39, 0.29) is 5.91 Å². The summed E-state index contributed by atoms with van der Waals surface area (Å²) in [7, 11) is 0. The largest absolute Gasteiger partial charge is 0.454 e. The summed E-state index contributed by atoms with van der Waals surface area (Å²) >= 11 is 6.29. The highest BCUT2D eigenvalue weighted by atomic mass is 35.5. The number of rotatable bonds is 3. The zero-order valence-electron chi connectivity index (χ0n) is 17.6. The molecule has 4 aromatic rings. The topological polar surface area (TPSA) is 50.5 Å². The highest BCUT2D eigenvalue weighted by Gasteiger charge is 2.37. The van der Waals surface area contributed by atoms with E-state index in [1.54, 1.807) is 63.2 Å². The fourth-order valence-corrected chi connectivity index (χ4v) is 3.58. The van der Waals surface area contributed by atoms with Crippen LogP contribution in [0.4, 0.5) is 5.69 Å². The van der Waals surface area contributed by atoms with Gasteiger partial charge in [-0.25, -0.2) is 4.90 Å². The van der Waals surface area contributed by atoms with E-state index in [0.29, 0.717) is 33.0 Å². The molecule has 0 unspecified atom stereocenters. The van der Waals surface area contributed by atoms with Crippen molar-refractivity contribution in [3.05, 3.63) is 89.4 Å². The maximum absolute atomic E-state index is 13.7. The van der Waals surface area contributed by atoms with Gasteiger partial charge < -0.3 is 4.42 Å². The molecule has 31 heavy (non-hydrogen) atoms. The third-order valence-electron chi connectivity index (χ3n) is 4.95. The maximum atomic E-state index is 13.7. The van der Waals surface area contributed by atoms with E-state index in [9.17, 15) is 9.59 Å². The molecule has 5 heteroatoms. The van der Waals surface area contributed by atoms with Crippen LogP contribution in [0.5, 0.6) is 0 Å². The number of imide groups is 1. The van der Waals surface area contributed by atoms with E-state index in [1.165, 1.54) is 4.90 Å². The summed E-state index contributed by atoms with van der Waals surface area (Å²) < 4.78 is 6.17. The lowest BCUT2D eigenvalue weighted by atomic mass is 9.93. The van der Waals surface area contributed by atoms with E-state index in [2.05, 4.69) is 0 Å². The molecule has 1 aromatic heterocycles. The number of fused-ring (bicyclic) bond motifs is 1. The Morgan fingerprint density at radius 1 is 0.871 bits per heavy atom. The lowest BCUT2D eigenvalue weighted by Gasteiger charge is -2.28. The Balaban J connectivity index is 2.04. The summed E-state index contributed by atoms with van der Waals surface area (Å²) in [4.78, 5) is 28.5. The van der Waals surface area contributed by atoms with Crippen LogP contribution >= 0.6 is 11.6 Å². The molecule has 1 heterocycles. The van der Waals surface area contributed by atoms with Gasteiger partial charge in [0.25, 0.3) is 5.91 Å². The van der Waals surface area contributed by atoms with Crippen LogP contribution in [-0.4, -0.2) is 11.8 Å². The van der Waals surface area contributed by atoms with Gasteiger partial charge in [-0.2, -0.15) is 0 Å². The molecule has 0 bridgehead atoms. The van der Waals surface area contributed by atoms with Crippen molar-refractivity contribution >= 4 is 40.1 Å². The third kappa shape index (κ3) is 3.99. The number of amides is 2. The average Bonchev–Trinajstić information content (AvgIpc) is 3.13. The molecule has 0 saturated heterocycles. The summed E-state index contributed by atoms with van der Waals surface area (Å²) in [5.41, 5.74) is 1.32. The summed E-state index contributed by atoms with van der Waals surface area (Å²) in [6.07, 6.45) is 0. The van der Waals surface area contributed by atoms with Gasteiger partial charge in [0.05, 0.1) is 0 Å². The molecule has 0 aliphatic carbocycles. The molecule has 4 rings (SSSR count). The van der Waals surface area contributed by atoms with Crippen LogP contribution in [0, 0.1) is 5.41 Å². The highest BCUT2D eigenvalue weighted by Crippen LogP contribution is 2.43. The molecule has 2 amide bonds. The van der Waals surface area contributed by atoms with Gasteiger partial charge in [0.2, 0.25) is 5.91 Å². The zero-order valence-corrected chi connectivity index (χ0v) is 18.3. The van der Waals surface area contributed by atoms with E-state index in [0.717, 1.165) is 5.56 Å². The van der Waals surface area contributed by atoms with Gasteiger partial charge in [-0.1, -0.05) is 80.9 Å². The smallest absolute Gasteiger partial charge is 0.265 e. The predicted molar refractivity (Wildman–Crippen MR) is 124 cm³/mol. The van der Waals surface area contributed by atoms with Gasteiger partial charge in [0, 0.05) is 27.0 Å². The van der Waals surface area contributed by atoms with Crippen molar-refractivity contribution < 1.29 is 14.0 Å². The van der Waals surface area contributed by atoms with E-state index in [4.69, 9.17) is 16.0 Å². The first-order valence-electron chi connectivity index (χ1n) is 9.99. The molecule has 0 fully saturated rings. The third-order valence-corrected chi connectivity index (χ3v) is 5.19. The van der Waals surface area contributed by atoms with Gasteiger partial charge in [-0.05, 0) is 30.3 Å². The Kier molecular flexibility index (Phi) is 5.42. The molecular formula is C26H22ClNO3. The first-order valence-corrected chi connectivity index (χ1v) is 10.4. The van der Waals surface area contributed by atoms with Gasteiger partial charge >= 0.3 is 0 Å². The van der Waals surface area contributed by atoms with Crippen molar-refractivity contribution in [2.45, 2.75) is 20.8 Å². The molecule has 0 aliphatic rings. The lowest BCUT2D eigenvalue weighted by Crippen LogP contribution is -2.44. The Bertz CT molecular complexity index is 1250. The molecule has 4 nitrogen and oxygen atoms in total. The molecule has 0 N–H and O–H groups in total. The minimum Gasteiger partial charge on any atom is -0.454 e. The quantitative estimate of drug-likeness (QED) is 0.352. The van der Waals surface area contributed by atoms with E-state index >= 15 is 0 Å². The number of benzene rings is 3. The van der Waals surface area contributed by atoms with Crippen molar-refractivity contribution in [2.24, 2.45) is 5.41 Å². The van der Waals surface area contributed by atoms with E-state index < -0.39 is 11.3 Å². The highest BCUT2D eigenvalue weighted by molar-refractivity contribution is 6.32. The molecule has 0 atom stereocenters. The van der Waals surface area contributed by atoms with Crippen LogP contribution in [0.1, 0.15) is 31.1 Å². The second kappa shape index (κ2) is 8.05. The van der Waals surface area contributed by atoms with Crippen molar-refractivity contribution in [3.8, 4) is 11.3 Å². The number of hydrogen-bond donors (Lipinski definition) is 0. The number of nitrogens with zero attached hydrogens (tertiary/aromatic N) is 1. The monoisotopic (exact) mass is 431 g/mol. The molecule has 0 radical (unpaired) electrons. The van der Waals surface area contributed by atoms with Crippen LogP contribution < -0.4 is 4.90 Å². The minimum atomic E-state index is -0.805. The summed E-state index contributed by atoms with van der Waals surface area (Å²) in [5, 5.41) is 1.10. The summed E-state index contributed by atoms with van der Waals surface area (Å²) in [6, 6.07) is 23.4. The van der Waals surface area contributed by atoms with Gasteiger partial charge in [0.15, 0.2) is 5.76 Å². The number of carbonyl (C=O) groups excluding carboxylic acids is 2. The number of carbonyl (C=O) groups is 2.